The first-order chi connectivity index (χ1) is 12.1. The Morgan fingerprint density at radius 3 is 2.64 bits per heavy atom. The summed E-state index contributed by atoms with van der Waals surface area (Å²) in [7, 11) is 0. The fourth-order valence-electron chi connectivity index (χ4n) is 3.06. The summed E-state index contributed by atoms with van der Waals surface area (Å²) in [5, 5.41) is 9.98. The van der Waals surface area contributed by atoms with Crippen molar-refractivity contribution in [2.24, 2.45) is 0 Å². The molecule has 0 amide bonds. The number of rotatable bonds is 13. The zero-order valence-corrected chi connectivity index (χ0v) is 16.8. The molecule has 1 saturated heterocycles. The summed E-state index contributed by atoms with van der Waals surface area (Å²) in [6, 6.07) is 0. The first-order valence-electron chi connectivity index (χ1n) is 10.3. The van der Waals surface area contributed by atoms with Gasteiger partial charge in [0.05, 0.1) is 12.7 Å². The average molecular weight is 353 g/mol. The molecule has 2 unspecified atom stereocenters. The highest BCUT2D eigenvalue weighted by atomic mass is 16.7. The number of unbranched alkanes of at least 4 members (excludes halogenated alkanes) is 2. The van der Waals surface area contributed by atoms with Crippen LogP contribution in [0.3, 0.4) is 0 Å². The summed E-state index contributed by atoms with van der Waals surface area (Å²) in [5.74, 6) is 0. The third kappa shape index (κ3) is 12.4. The molecule has 1 aliphatic heterocycles. The van der Waals surface area contributed by atoms with Gasteiger partial charge in [-0.05, 0) is 65.2 Å². The molecule has 25 heavy (non-hydrogen) atoms. The number of ether oxygens (including phenoxy) is 2. The highest BCUT2D eigenvalue weighted by Gasteiger charge is 2.12. The van der Waals surface area contributed by atoms with Crippen LogP contribution in [0.2, 0.25) is 0 Å². The van der Waals surface area contributed by atoms with E-state index >= 15 is 0 Å². The van der Waals surface area contributed by atoms with Crippen LogP contribution in [0.4, 0.5) is 0 Å². The Bertz CT molecular complexity index is 381. The Morgan fingerprint density at radius 2 is 1.92 bits per heavy atom. The number of hydrogen-bond donors (Lipinski definition) is 1. The van der Waals surface area contributed by atoms with E-state index in [4.69, 9.17) is 9.47 Å². The fourth-order valence-corrected chi connectivity index (χ4v) is 3.06. The summed E-state index contributed by atoms with van der Waals surface area (Å²) >= 11 is 0. The van der Waals surface area contributed by atoms with Gasteiger partial charge in [-0.2, -0.15) is 0 Å². The lowest BCUT2D eigenvalue weighted by atomic mass is 10.0. The van der Waals surface area contributed by atoms with Gasteiger partial charge in [0.2, 0.25) is 0 Å². The Labute approximate surface area is 155 Å². The van der Waals surface area contributed by atoms with Gasteiger partial charge in [0.1, 0.15) is 0 Å². The van der Waals surface area contributed by atoms with Crippen LogP contribution in [0.25, 0.3) is 0 Å². The Morgan fingerprint density at radius 1 is 1.12 bits per heavy atom. The molecule has 1 rings (SSSR count). The normalized spacial score (nSPS) is 20.7. The van der Waals surface area contributed by atoms with E-state index in [0.29, 0.717) is 6.61 Å². The first-order valence-corrected chi connectivity index (χ1v) is 10.3. The van der Waals surface area contributed by atoms with Gasteiger partial charge in [0.15, 0.2) is 6.29 Å². The van der Waals surface area contributed by atoms with Crippen LogP contribution in [0.15, 0.2) is 23.3 Å². The lowest BCUT2D eigenvalue weighted by Crippen LogP contribution is -2.22. The van der Waals surface area contributed by atoms with E-state index in [1.807, 2.05) is 0 Å². The lowest BCUT2D eigenvalue weighted by molar-refractivity contribution is -0.155. The maximum absolute atomic E-state index is 9.98. The van der Waals surface area contributed by atoms with Crippen LogP contribution < -0.4 is 0 Å². The molecule has 146 valence electrons. The van der Waals surface area contributed by atoms with Crippen molar-refractivity contribution in [2.75, 3.05) is 13.2 Å². The lowest BCUT2D eigenvalue weighted by Gasteiger charge is -2.22. The minimum Gasteiger partial charge on any atom is -0.393 e. The van der Waals surface area contributed by atoms with Gasteiger partial charge in [-0.25, -0.2) is 0 Å². The van der Waals surface area contributed by atoms with E-state index in [2.05, 4.69) is 32.9 Å². The van der Waals surface area contributed by atoms with E-state index in [1.165, 1.54) is 30.4 Å². The van der Waals surface area contributed by atoms with Crippen molar-refractivity contribution in [2.45, 2.75) is 104 Å². The predicted molar refractivity (Wildman–Crippen MR) is 106 cm³/mol. The number of allylic oxidation sites excluding steroid dienone is 3. The molecule has 1 heterocycles. The first kappa shape index (κ1) is 22.4. The summed E-state index contributed by atoms with van der Waals surface area (Å²) in [5.41, 5.74) is 2.77. The van der Waals surface area contributed by atoms with Crippen LogP contribution in [-0.4, -0.2) is 30.7 Å². The molecule has 0 aliphatic carbocycles. The van der Waals surface area contributed by atoms with Crippen molar-refractivity contribution < 1.29 is 14.6 Å². The maximum atomic E-state index is 9.98. The molecule has 0 aromatic heterocycles. The van der Waals surface area contributed by atoms with Crippen LogP contribution >= 0.6 is 0 Å². The summed E-state index contributed by atoms with van der Waals surface area (Å²) in [4.78, 5) is 0. The fraction of sp³-hybridized carbons (Fsp3) is 0.818. The molecule has 0 radical (unpaired) electrons. The van der Waals surface area contributed by atoms with E-state index in [-0.39, 0.29) is 12.4 Å². The highest BCUT2D eigenvalue weighted by Crippen LogP contribution is 2.16. The Hall–Kier alpha value is -0.640. The van der Waals surface area contributed by atoms with Crippen molar-refractivity contribution in [1.29, 1.82) is 0 Å². The van der Waals surface area contributed by atoms with E-state index in [9.17, 15) is 5.11 Å². The largest absolute Gasteiger partial charge is 0.393 e. The molecular weight excluding hydrogens is 312 g/mol. The molecule has 1 fully saturated rings. The smallest absolute Gasteiger partial charge is 0.157 e. The van der Waals surface area contributed by atoms with Gasteiger partial charge in [-0.15, -0.1) is 0 Å². The number of aliphatic hydroxyl groups is 1. The zero-order chi connectivity index (χ0) is 18.3. The standard InChI is InChI=1S/C22H40O3/c1-4-5-6-12-21(23)15-14-19(2)10-9-11-20(3)16-18-25-22-13-7-8-17-24-22/h10,16,21-23H,4-9,11-15,17-18H2,1-3H3/b19-10+,20-16+. The molecule has 3 nitrogen and oxygen atoms in total. The predicted octanol–water partition coefficient (Wildman–Crippen LogP) is 5.92. The van der Waals surface area contributed by atoms with Crippen LogP contribution in [0.5, 0.6) is 0 Å². The number of hydrogen-bond acceptors (Lipinski definition) is 3. The van der Waals surface area contributed by atoms with E-state index < -0.39 is 0 Å². The molecule has 0 aromatic carbocycles. The summed E-state index contributed by atoms with van der Waals surface area (Å²) < 4.78 is 11.3. The second kappa shape index (κ2) is 14.5. The third-order valence-electron chi connectivity index (χ3n) is 4.90. The molecule has 2 atom stereocenters. The SMILES string of the molecule is CCCCCC(O)CC/C(C)=C/CC/C(C)=C/COC1CCCCO1. The van der Waals surface area contributed by atoms with Crippen molar-refractivity contribution in [3.05, 3.63) is 23.3 Å². The van der Waals surface area contributed by atoms with Crippen LogP contribution in [0, 0.1) is 0 Å². The Balaban J connectivity index is 2.09. The monoisotopic (exact) mass is 352 g/mol. The van der Waals surface area contributed by atoms with Gasteiger partial charge >= 0.3 is 0 Å². The molecule has 0 saturated carbocycles. The van der Waals surface area contributed by atoms with Gasteiger partial charge in [0.25, 0.3) is 0 Å². The quantitative estimate of drug-likeness (QED) is 0.330. The van der Waals surface area contributed by atoms with Gasteiger partial charge in [-0.1, -0.05) is 49.5 Å². The molecule has 3 heteroatoms. The van der Waals surface area contributed by atoms with Crippen LogP contribution in [0.1, 0.15) is 91.4 Å². The second-order valence-electron chi connectivity index (χ2n) is 7.46. The summed E-state index contributed by atoms with van der Waals surface area (Å²) in [6.07, 6.45) is 16.4. The van der Waals surface area contributed by atoms with Crippen molar-refractivity contribution in [1.82, 2.24) is 0 Å². The molecule has 0 aromatic rings. The van der Waals surface area contributed by atoms with Crippen molar-refractivity contribution in [3.63, 3.8) is 0 Å². The minimum atomic E-state index is -0.129. The van der Waals surface area contributed by atoms with Gasteiger partial charge in [-0.3, -0.25) is 0 Å². The summed E-state index contributed by atoms with van der Waals surface area (Å²) in [6.45, 7) is 8.05. The molecular formula is C22H40O3. The molecule has 1 aliphatic rings. The zero-order valence-electron chi connectivity index (χ0n) is 16.8. The third-order valence-corrected chi connectivity index (χ3v) is 4.90. The van der Waals surface area contributed by atoms with Crippen molar-refractivity contribution >= 4 is 0 Å². The highest BCUT2D eigenvalue weighted by molar-refractivity contribution is 5.04. The topological polar surface area (TPSA) is 38.7 Å². The average Bonchev–Trinajstić information content (AvgIpc) is 2.61. The van der Waals surface area contributed by atoms with E-state index in [0.717, 1.165) is 58.0 Å². The Kier molecular flexibility index (Phi) is 13.0. The molecule has 0 bridgehead atoms. The van der Waals surface area contributed by atoms with Crippen LogP contribution in [-0.2, 0) is 9.47 Å². The van der Waals surface area contributed by atoms with Gasteiger partial charge < -0.3 is 14.6 Å². The van der Waals surface area contributed by atoms with E-state index in [1.54, 1.807) is 0 Å². The number of aliphatic hydroxyl groups excluding tert-OH is 1. The maximum Gasteiger partial charge on any atom is 0.157 e. The minimum absolute atomic E-state index is 0.00342. The molecule has 0 spiro atoms. The van der Waals surface area contributed by atoms with Crippen molar-refractivity contribution in [3.8, 4) is 0 Å². The molecule has 1 N–H and O–H groups in total. The van der Waals surface area contributed by atoms with Gasteiger partial charge in [0, 0.05) is 6.61 Å². The second-order valence-corrected chi connectivity index (χ2v) is 7.46.